The monoisotopic (exact) mass is 317 g/mol. The van der Waals surface area contributed by atoms with Crippen molar-refractivity contribution in [2.45, 2.75) is 6.04 Å². The zero-order valence-electron chi connectivity index (χ0n) is 13.5. The predicted molar refractivity (Wildman–Crippen MR) is 102 cm³/mol. The lowest BCUT2D eigenvalue weighted by atomic mass is 9.94. The minimum atomic E-state index is -0.470. The first-order chi connectivity index (χ1) is 11.8. The molecule has 0 heterocycles. The van der Waals surface area contributed by atoms with Gasteiger partial charge < -0.3 is 5.32 Å². The van der Waals surface area contributed by atoms with Gasteiger partial charge in [0.25, 0.3) is 0 Å². The van der Waals surface area contributed by atoms with E-state index in [1.54, 1.807) is 0 Å². The number of hydrogen-bond acceptors (Lipinski definition) is 1. The molecule has 0 bridgehead atoms. The van der Waals surface area contributed by atoms with Crippen LogP contribution in [-0.4, -0.2) is 6.67 Å². The lowest BCUT2D eigenvalue weighted by molar-refractivity contribution is 0.408. The van der Waals surface area contributed by atoms with Gasteiger partial charge in [-0.1, -0.05) is 79.9 Å². The van der Waals surface area contributed by atoms with Crippen molar-refractivity contribution < 1.29 is 4.39 Å². The van der Waals surface area contributed by atoms with E-state index < -0.39 is 6.67 Å². The topological polar surface area (TPSA) is 12.0 Å². The maximum atomic E-state index is 13.1. The smallest absolute Gasteiger partial charge is 0.114 e. The Bertz CT molecular complexity index is 865. The molecule has 0 aromatic heterocycles. The van der Waals surface area contributed by atoms with E-state index in [0.717, 1.165) is 22.3 Å². The van der Waals surface area contributed by atoms with Crippen LogP contribution >= 0.6 is 0 Å². The fourth-order valence-electron chi connectivity index (χ4n) is 3.02. The van der Waals surface area contributed by atoms with Crippen LogP contribution < -0.4 is 5.32 Å². The summed E-state index contributed by atoms with van der Waals surface area (Å²) in [7, 11) is 0. The summed E-state index contributed by atoms with van der Waals surface area (Å²) in [6.07, 6.45) is 3.40. The van der Waals surface area contributed by atoms with Crippen LogP contribution in [0.5, 0.6) is 0 Å². The Morgan fingerprint density at radius 2 is 1.62 bits per heavy atom. The van der Waals surface area contributed by atoms with Crippen molar-refractivity contribution in [2.75, 3.05) is 6.67 Å². The Morgan fingerprint density at radius 1 is 0.917 bits per heavy atom. The van der Waals surface area contributed by atoms with E-state index in [9.17, 15) is 4.39 Å². The minimum Gasteiger partial charge on any atom is -0.382 e. The first-order valence-corrected chi connectivity index (χ1v) is 7.96. The van der Waals surface area contributed by atoms with Crippen molar-refractivity contribution in [3.05, 3.63) is 91.1 Å². The van der Waals surface area contributed by atoms with Crippen LogP contribution in [0.4, 0.5) is 4.39 Å². The van der Waals surface area contributed by atoms with Crippen LogP contribution in [0.3, 0.4) is 0 Å². The molecule has 0 saturated heterocycles. The number of benzene rings is 3. The van der Waals surface area contributed by atoms with Gasteiger partial charge in [0, 0.05) is 0 Å². The molecule has 0 radical (unpaired) electrons. The van der Waals surface area contributed by atoms with Gasteiger partial charge in [0.1, 0.15) is 6.67 Å². The molecule has 3 aromatic rings. The third-order valence-electron chi connectivity index (χ3n) is 4.28. The van der Waals surface area contributed by atoms with E-state index in [-0.39, 0.29) is 6.04 Å². The summed E-state index contributed by atoms with van der Waals surface area (Å²) in [5.41, 5.74) is 4.31. The summed E-state index contributed by atoms with van der Waals surface area (Å²) in [4.78, 5) is 0. The summed E-state index contributed by atoms with van der Waals surface area (Å²) < 4.78 is 13.1. The second kappa shape index (κ2) is 7.14. The second-order valence-corrected chi connectivity index (χ2v) is 5.65. The second-order valence-electron chi connectivity index (χ2n) is 5.65. The van der Waals surface area contributed by atoms with Crippen LogP contribution in [-0.2, 0) is 0 Å². The molecule has 24 heavy (non-hydrogen) atoms. The SMILES string of the molecule is C=CNC(CF)c1ccc(-c2ccc(C=C)c3ccccc23)cc1. The predicted octanol–water partition coefficient (Wildman–Crippen LogP) is 5.89. The number of hydrogen-bond donors (Lipinski definition) is 1. The molecule has 2 heteroatoms. The van der Waals surface area contributed by atoms with Crippen LogP contribution in [0.25, 0.3) is 28.0 Å². The number of nitrogens with one attached hydrogen (secondary N) is 1. The molecule has 0 spiro atoms. The highest BCUT2D eigenvalue weighted by atomic mass is 19.1. The van der Waals surface area contributed by atoms with Crippen molar-refractivity contribution >= 4 is 16.8 Å². The molecular weight excluding hydrogens is 297 g/mol. The zero-order valence-corrected chi connectivity index (χ0v) is 13.5. The molecule has 0 saturated carbocycles. The van der Waals surface area contributed by atoms with Gasteiger partial charge in [0.15, 0.2) is 0 Å². The van der Waals surface area contributed by atoms with Crippen LogP contribution in [0.2, 0.25) is 0 Å². The molecule has 3 aromatic carbocycles. The summed E-state index contributed by atoms with van der Waals surface area (Å²) in [6, 6.07) is 20.2. The first-order valence-electron chi connectivity index (χ1n) is 7.96. The Kier molecular flexibility index (Phi) is 4.76. The van der Waals surface area contributed by atoms with E-state index in [1.165, 1.54) is 17.0 Å². The standard InChI is InChI=1S/C22H20FN/c1-3-16-13-14-20(21-8-6-5-7-19(16)21)17-9-11-18(12-10-17)22(15-23)24-4-2/h3-14,22,24H,1-2,15H2. The van der Waals surface area contributed by atoms with Gasteiger partial charge in [-0.05, 0) is 39.2 Å². The fraction of sp³-hybridized carbons (Fsp3) is 0.0909. The molecule has 120 valence electrons. The van der Waals surface area contributed by atoms with Gasteiger partial charge >= 0.3 is 0 Å². The van der Waals surface area contributed by atoms with Gasteiger partial charge in [-0.3, -0.25) is 0 Å². The number of rotatable bonds is 6. The maximum absolute atomic E-state index is 13.1. The molecular formula is C22H20FN. The summed E-state index contributed by atoms with van der Waals surface area (Å²) >= 11 is 0. The average Bonchev–Trinajstić information content (AvgIpc) is 2.65. The average molecular weight is 317 g/mol. The fourth-order valence-corrected chi connectivity index (χ4v) is 3.02. The third kappa shape index (κ3) is 2.95. The number of alkyl halides is 1. The zero-order chi connectivity index (χ0) is 16.9. The van der Waals surface area contributed by atoms with Crippen molar-refractivity contribution in [2.24, 2.45) is 0 Å². The number of fused-ring (bicyclic) bond motifs is 1. The molecule has 1 unspecified atom stereocenters. The molecule has 1 N–H and O–H groups in total. The summed E-state index contributed by atoms with van der Waals surface area (Å²) in [5.74, 6) is 0. The van der Waals surface area contributed by atoms with Gasteiger partial charge in [-0.2, -0.15) is 0 Å². The van der Waals surface area contributed by atoms with E-state index in [1.807, 2.05) is 42.5 Å². The normalized spacial score (nSPS) is 11.9. The van der Waals surface area contributed by atoms with Crippen LogP contribution in [0, 0.1) is 0 Å². The maximum Gasteiger partial charge on any atom is 0.114 e. The van der Waals surface area contributed by atoms with E-state index >= 15 is 0 Å². The molecule has 0 aliphatic carbocycles. The molecule has 0 aliphatic rings. The van der Waals surface area contributed by atoms with Gasteiger partial charge in [0.05, 0.1) is 6.04 Å². The lowest BCUT2D eigenvalue weighted by Crippen LogP contribution is -2.16. The highest BCUT2D eigenvalue weighted by Gasteiger charge is 2.10. The lowest BCUT2D eigenvalue weighted by Gasteiger charge is -2.15. The largest absolute Gasteiger partial charge is 0.382 e. The van der Waals surface area contributed by atoms with Crippen LogP contribution in [0.15, 0.2) is 80.0 Å². The summed E-state index contributed by atoms with van der Waals surface area (Å²) in [5, 5.41) is 5.30. The minimum absolute atomic E-state index is 0.351. The highest BCUT2D eigenvalue weighted by molar-refractivity contribution is 6.00. The van der Waals surface area contributed by atoms with E-state index in [2.05, 4.69) is 42.7 Å². The first kappa shape index (κ1) is 16.0. The third-order valence-corrected chi connectivity index (χ3v) is 4.28. The quantitative estimate of drug-likeness (QED) is 0.597. The Labute approximate surface area is 142 Å². The van der Waals surface area contributed by atoms with Crippen molar-refractivity contribution in [3.63, 3.8) is 0 Å². The molecule has 0 aliphatic heterocycles. The molecule has 1 nitrogen and oxygen atoms in total. The number of halogens is 1. The Morgan fingerprint density at radius 3 is 2.25 bits per heavy atom. The molecule has 0 fully saturated rings. The van der Waals surface area contributed by atoms with Gasteiger partial charge in [0.2, 0.25) is 0 Å². The molecule has 0 amide bonds. The van der Waals surface area contributed by atoms with Crippen LogP contribution in [0.1, 0.15) is 17.2 Å². The Balaban J connectivity index is 2.05. The highest BCUT2D eigenvalue weighted by Crippen LogP contribution is 2.32. The van der Waals surface area contributed by atoms with E-state index in [0.29, 0.717) is 0 Å². The summed E-state index contributed by atoms with van der Waals surface area (Å²) in [6.45, 7) is 7.02. The van der Waals surface area contributed by atoms with E-state index in [4.69, 9.17) is 0 Å². The molecule has 1 atom stereocenters. The van der Waals surface area contributed by atoms with Gasteiger partial charge in [-0.15, -0.1) is 0 Å². The van der Waals surface area contributed by atoms with Crippen molar-refractivity contribution in [1.82, 2.24) is 5.32 Å². The van der Waals surface area contributed by atoms with Crippen molar-refractivity contribution in [1.29, 1.82) is 0 Å². The Hall–Kier alpha value is -2.87. The van der Waals surface area contributed by atoms with Gasteiger partial charge in [-0.25, -0.2) is 4.39 Å². The molecule has 3 rings (SSSR count). The van der Waals surface area contributed by atoms with Crippen molar-refractivity contribution in [3.8, 4) is 11.1 Å².